The van der Waals surface area contributed by atoms with Gasteiger partial charge in [0.1, 0.15) is 6.20 Å². The van der Waals surface area contributed by atoms with E-state index >= 15 is 0 Å². The number of nitrogens with zero attached hydrogens (tertiary/aromatic N) is 7. The van der Waals surface area contributed by atoms with Crippen LogP contribution in [0.4, 0.5) is 17.3 Å². The van der Waals surface area contributed by atoms with Crippen molar-refractivity contribution in [3.8, 4) is 0 Å². The van der Waals surface area contributed by atoms with Gasteiger partial charge in [-0.15, -0.1) is 0 Å². The van der Waals surface area contributed by atoms with Crippen molar-refractivity contribution in [3.05, 3.63) is 40.8 Å². The molecule has 0 atom stereocenters. The summed E-state index contributed by atoms with van der Waals surface area (Å²) in [6, 6.07) is 3.66. The molecule has 0 amide bonds. The van der Waals surface area contributed by atoms with Gasteiger partial charge in [0.2, 0.25) is 11.6 Å². The third-order valence-corrected chi connectivity index (χ3v) is 3.57. The average molecular weight is 317 g/mol. The van der Waals surface area contributed by atoms with E-state index in [2.05, 4.69) is 20.1 Å². The molecule has 0 radical (unpaired) electrons. The Hall–Kier alpha value is -2.75. The predicted molar refractivity (Wildman–Crippen MR) is 81.5 cm³/mol. The smallest absolute Gasteiger partial charge is 0.312 e. The van der Waals surface area contributed by atoms with Crippen molar-refractivity contribution in [1.82, 2.24) is 24.6 Å². The van der Waals surface area contributed by atoms with Crippen molar-refractivity contribution in [2.75, 3.05) is 18.2 Å². The van der Waals surface area contributed by atoms with Gasteiger partial charge in [0.25, 0.3) is 0 Å². The van der Waals surface area contributed by atoms with Crippen LogP contribution in [0.15, 0.2) is 35.9 Å². The molecule has 22 heavy (non-hydrogen) atoms. The van der Waals surface area contributed by atoms with Gasteiger partial charge in [0.05, 0.1) is 16.8 Å². The van der Waals surface area contributed by atoms with Crippen LogP contribution >= 0.6 is 11.8 Å². The van der Waals surface area contributed by atoms with E-state index in [1.54, 1.807) is 30.4 Å². The maximum absolute atomic E-state index is 11.1. The van der Waals surface area contributed by atoms with E-state index in [1.165, 1.54) is 22.5 Å². The van der Waals surface area contributed by atoms with Crippen LogP contribution in [0.1, 0.15) is 0 Å². The zero-order valence-corrected chi connectivity index (χ0v) is 12.6. The second-order valence-corrected chi connectivity index (χ2v) is 5.08. The molecular weight excluding hydrogens is 306 g/mol. The lowest BCUT2D eigenvalue weighted by atomic mass is 10.4. The van der Waals surface area contributed by atoms with Crippen molar-refractivity contribution in [2.24, 2.45) is 0 Å². The van der Waals surface area contributed by atoms with Gasteiger partial charge in [-0.3, -0.25) is 15.1 Å². The Morgan fingerprint density at radius 1 is 1.36 bits per heavy atom. The SMILES string of the molecule is CSc1nc(N(C)c2cccnc2)n2ncc([N+](=O)[O-])c2n1. The van der Waals surface area contributed by atoms with Crippen molar-refractivity contribution < 1.29 is 4.92 Å². The second kappa shape index (κ2) is 5.56. The highest BCUT2D eigenvalue weighted by atomic mass is 32.2. The number of nitro groups is 1. The Bertz CT molecular complexity index is 836. The van der Waals surface area contributed by atoms with E-state index in [0.29, 0.717) is 11.1 Å². The first kappa shape index (κ1) is 14.2. The van der Waals surface area contributed by atoms with E-state index in [1.807, 2.05) is 12.3 Å². The van der Waals surface area contributed by atoms with Crippen molar-refractivity contribution in [1.29, 1.82) is 0 Å². The summed E-state index contributed by atoms with van der Waals surface area (Å²) in [6.07, 6.45) is 6.32. The molecule has 0 aliphatic rings. The minimum Gasteiger partial charge on any atom is -0.312 e. The lowest BCUT2D eigenvalue weighted by Crippen LogP contribution is -2.17. The van der Waals surface area contributed by atoms with Gasteiger partial charge in [-0.1, -0.05) is 11.8 Å². The van der Waals surface area contributed by atoms with Crippen LogP contribution in [0.5, 0.6) is 0 Å². The average Bonchev–Trinajstić information content (AvgIpc) is 2.98. The molecule has 0 fully saturated rings. The summed E-state index contributed by atoms with van der Waals surface area (Å²) in [4.78, 5) is 25.0. The second-order valence-electron chi connectivity index (χ2n) is 4.30. The van der Waals surface area contributed by atoms with Crippen molar-refractivity contribution in [3.63, 3.8) is 0 Å². The maximum atomic E-state index is 11.1. The van der Waals surface area contributed by atoms with Crippen molar-refractivity contribution in [2.45, 2.75) is 5.16 Å². The first-order valence-electron chi connectivity index (χ1n) is 6.19. The molecule has 3 heterocycles. The molecule has 0 saturated carbocycles. The molecule has 3 aromatic rings. The lowest BCUT2D eigenvalue weighted by Gasteiger charge is -2.18. The molecule has 10 heteroatoms. The Morgan fingerprint density at radius 2 is 2.18 bits per heavy atom. The Kier molecular flexibility index (Phi) is 3.59. The number of pyridine rings is 1. The largest absolute Gasteiger partial charge is 0.333 e. The fraction of sp³-hybridized carbons (Fsp3) is 0.167. The quantitative estimate of drug-likeness (QED) is 0.408. The van der Waals surface area contributed by atoms with E-state index < -0.39 is 4.92 Å². The number of hydrogen-bond acceptors (Lipinski definition) is 8. The number of anilines is 2. The van der Waals surface area contributed by atoms with Gasteiger partial charge in [-0.05, 0) is 18.4 Å². The minimum atomic E-state index is -0.507. The molecule has 0 aromatic carbocycles. The Labute approximate surface area is 129 Å². The molecular formula is C12H11N7O2S. The highest BCUT2D eigenvalue weighted by Crippen LogP contribution is 2.27. The van der Waals surface area contributed by atoms with Gasteiger partial charge in [-0.25, -0.2) is 0 Å². The summed E-state index contributed by atoms with van der Waals surface area (Å²) in [5.74, 6) is 0.426. The van der Waals surface area contributed by atoms with Crippen LogP contribution in [0.25, 0.3) is 5.65 Å². The molecule has 112 valence electrons. The topological polar surface area (TPSA) is 102 Å². The fourth-order valence-corrected chi connectivity index (χ4v) is 2.29. The Balaban J connectivity index is 2.22. The molecule has 0 aliphatic heterocycles. The third kappa shape index (κ3) is 2.33. The lowest BCUT2D eigenvalue weighted by molar-refractivity contribution is -0.383. The monoisotopic (exact) mass is 317 g/mol. The summed E-state index contributed by atoms with van der Waals surface area (Å²) in [7, 11) is 1.79. The van der Waals surface area contributed by atoms with Crippen molar-refractivity contribution >= 4 is 34.7 Å². The molecule has 0 aliphatic carbocycles. The molecule has 0 unspecified atom stereocenters. The third-order valence-electron chi connectivity index (χ3n) is 3.02. The highest BCUT2D eigenvalue weighted by Gasteiger charge is 2.22. The van der Waals surface area contributed by atoms with Crippen LogP contribution in [-0.4, -0.2) is 42.8 Å². The van der Waals surface area contributed by atoms with E-state index in [-0.39, 0.29) is 11.3 Å². The normalized spacial score (nSPS) is 10.8. The maximum Gasteiger partial charge on any atom is 0.333 e. The van der Waals surface area contributed by atoms with Crippen LogP contribution in [-0.2, 0) is 0 Å². The predicted octanol–water partition coefficient (Wildman–Crippen LogP) is 1.92. The molecule has 0 saturated heterocycles. The zero-order chi connectivity index (χ0) is 15.7. The summed E-state index contributed by atoms with van der Waals surface area (Å²) in [5, 5.41) is 15.6. The van der Waals surface area contributed by atoms with E-state index in [4.69, 9.17) is 0 Å². The summed E-state index contributed by atoms with van der Waals surface area (Å²) < 4.78 is 1.35. The number of fused-ring (bicyclic) bond motifs is 1. The fourth-order valence-electron chi connectivity index (χ4n) is 1.94. The minimum absolute atomic E-state index is 0.154. The van der Waals surface area contributed by atoms with Gasteiger partial charge >= 0.3 is 5.69 Å². The van der Waals surface area contributed by atoms with Crippen LogP contribution < -0.4 is 4.90 Å². The number of thioether (sulfide) groups is 1. The summed E-state index contributed by atoms with van der Waals surface area (Å²) >= 11 is 1.31. The summed E-state index contributed by atoms with van der Waals surface area (Å²) in [5.41, 5.74) is 0.793. The molecule has 3 rings (SSSR count). The van der Waals surface area contributed by atoms with Gasteiger partial charge in [0, 0.05) is 13.2 Å². The zero-order valence-electron chi connectivity index (χ0n) is 11.7. The molecule has 0 N–H and O–H groups in total. The molecule has 0 spiro atoms. The van der Waals surface area contributed by atoms with Gasteiger partial charge in [-0.2, -0.15) is 19.6 Å². The highest BCUT2D eigenvalue weighted by molar-refractivity contribution is 7.98. The first-order valence-corrected chi connectivity index (χ1v) is 7.42. The van der Waals surface area contributed by atoms with E-state index in [0.717, 1.165) is 5.69 Å². The van der Waals surface area contributed by atoms with Gasteiger partial charge in [0.15, 0.2) is 5.16 Å². The Morgan fingerprint density at radius 3 is 2.82 bits per heavy atom. The first-order chi connectivity index (χ1) is 10.6. The van der Waals surface area contributed by atoms with E-state index in [9.17, 15) is 10.1 Å². The standard InChI is InChI=1S/C12H11N7O2S/c1-17(8-4-3-5-13-6-8)12-16-11(22-2)15-10-9(19(20)21)7-14-18(10)12/h3-7H,1-2H3. The van der Waals surface area contributed by atoms with Crippen LogP contribution in [0, 0.1) is 10.1 Å². The van der Waals surface area contributed by atoms with Crippen LogP contribution in [0.3, 0.4) is 0 Å². The van der Waals surface area contributed by atoms with Crippen LogP contribution in [0.2, 0.25) is 0 Å². The molecule has 9 nitrogen and oxygen atoms in total. The number of rotatable bonds is 4. The van der Waals surface area contributed by atoms with Gasteiger partial charge < -0.3 is 4.90 Å². The molecule has 0 bridgehead atoms. The summed E-state index contributed by atoms with van der Waals surface area (Å²) in [6.45, 7) is 0. The molecule has 3 aromatic heterocycles. The number of hydrogen-bond donors (Lipinski definition) is 0. The number of aromatic nitrogens is 5.